The fourth-order valence-electron chi connectivity index (χ4n) is 2.79. The standard InChI is InChI=1S/C20H26/c1-3-4-5-9-12-20(18-10-7-6-8-11-18)19-15-13-17(2)14-16-19/h6-8,10-11,13-16,20H,3-5,9,12H2,1-2H3. The summed E-state index contributed by atoms with van der Waals surface area (Å²) < 4.78 is 0. The van der Waals surface area contributed by atoms with E-state index in [-0.39, 0.29) is 0 Å². The zero-order chi connectivity index (χ0) is 14.2. The van der Waals surface area contributed by atoms with Crippen molar-refractivity contribution >= 4 is 0 Å². The monoisotopic (exact) mass is 266 g/mol. The highest BCUT2D eigenvalue weighted by Crippen LogP contribution is 2.30. The molecule has 0 N–H and O–H groups in total. The summed E-state index contributed by atoms with van der Waals surface area (Å²) in [6, 6.07) is 20.0. The molecule has 0 heterocycles. The molecule has 0 spiro atoms. The lowest BCUT2D eigenvalue weighted by molar-refractivity contribution is 0.596. The molecule has 2 aromatic rings. The van der Waals surface area contributed by atoms with Gasteiger partial charge in [-0.15, -0.1) is 0 Å². The third-order valence-corrected chi connectivity index (χ3v) is 4.03. The van der Waals surface area contributed by atoms with Gasteiger partial charge in [-0.3, -0.25) is 0 Å². The van der Waals surface area contributed by atoms with E-state index in [4.69, 9.17) is 0 Å². The lowest BCUT2D eigenvalue weighted by Crippen LogP contribution is -2.01. The topological polar surface area (TPSA) is 0 Å². The van der Waals surface area contributed by atoms with Crippen LogP contribution in [0.15, 0.2) is 54.6 Å². The Morgan fingerprint density at radius 3 is 2.05 bits per heavy atom. The summed E-state index contributed by atoms with van der Waals surface area (Å²) in [6.07, 6.45) is 6.59. The minimum Gasteiger partial charge on any atom is -0.0654 e. The first-order valence-electron chi connectivity index (χ1n) is 7.92. The average Bonchev–Trinajstić information content (AvgIpc) is 2.50. The Morgan fingerprint density at radius 2 is 1.40 bits per heavy atom. The van der Waals surface area contributed by atoms with E-state index >= 15 is 0 Å². The first-order valence-corrected chi connectivity index (χ1v) is 7.92. The summed E-state index contributed by atoms with van der Waals surface area (Å²) in [6.45, 7) is 4.43. The van der Waals surface area contributed by atoms with Crippen LogP contribution < -0.4 is 0 Å². The van der Waals surface area contributed by atoms with E-state index in [9.17, 15) is 0 Å². The highest BCUT2D eigenvalue weighted by atomic mass is 14.2. The van der Waals surface area contributed by atoms with Crippen molar-refractivity contribution in [3.63, 3.8) is 0 Å². The summed E-state index contributed by atoms with van der Waals surface area (Å²) in [7, 11) is 0. The molecule has 0 heteroatoms. The molecule has 0 aliphatic rings. The van der Waals surface area contributed by atoms with Crippen molar-refractivity contribution in [3.05, 3.63) is 71.3 Å². The van der Waals surface area contributed by atoms with E-state index in [0.717, 1.165) is 0 Å². The predicted molar refractivity (Wildman–Crippen MR) is 88.2 cm³/mol. The molecule has 0 saturated heterocycles. The second-order valence-electron chi connectivity index (χ2n) is 5.72. The van der Waals surface area contributed by atoms with Gasteiger partial charge in [0.05, 0.1) is 0 Å². The Bertz CT molecular complexity index is 481. The van der Waals surface area contributed by atoms with E-state index < -0.39 is 0 Å². The van der Waals surface area contributed by atoms with Crippen LogP contribution in [0.25, 0.3) is 0 Å². The molecule has 0 aliphatic heterocycles. The molecule has 0 aromatic heterocycles. The summed E-state index contributed by atoms with van der Waals surface area (Å²) in [5, 5.41) is 0. The summed E-state index contributed by atoms with van der Waals surface area (Å²) in [4.78, 5) is 0. The van der Waals surface area contributed by atoms with Crippen LogP contribution in [-0.4, -0.2) is 0 Å². The number of aryl methyl sites for hydroxylation is 1. The van der Waals surface area contributed by atoms with E-state index in [1.165, 1.54) is 48.8 Å². The molecular formula is C20H26. The highest BCUT2D eigenvalue weighted by Gasteiger charge is 2.13. The maximum absolute atomic E-state index is 2.30. The lowest BCUT2D eigenvalue weighted by Gasteiger charge is -2.18. The number of unbranched alkanes of at least 4 members (excludes halogenated alkanes) is 3. The molecule has 1 unspecified atom stereocenters. The number of hydrogen-bond acceptors (Lipinski definition) is 0. The van der Waals surface area contributed by atoms with E-state index in [0.29, 0.717) is 5.92 Å². The fraction of sp³-hybridized carbons (Fsp3) is 0.400. The van der Waals surface area contributed by atoms with Gasteiger partial charge in [0, 0.05) is 5.92 Å². The van der Waals surface area contributed by atoms with Crippen molar-refractivity contribution in [3.8, 4) is 0 Å². The molecule has 0 radical (unpaired) electrons. The molecule has 0 bridgehead atoms. The Hall–Kier alpha value is -1.56. The molecule has 0 saturated carbocycles. The van der Waals surface area contributed by atoms with Gasteiger partial charge < -0.3 is 0 Å². The third kappa shape index (κ3) is 4.23. The quantitative estimate of drug-likeness (QED) is 0.531. The van der Waals surface area contributed by atoms with Gasteiger partial charge in [-0.05, 0) is 24.5 Å². The minimum atomic E-state index is 0.550. The number of rotatable bonds is 7. The zero-order valence-corrected chi connectivity index (χ0v) is 12.8. The van der Waals surface area contributed by atoms with Crippen LogP contribution in [0.2, 0.25) is 0 Å². The molecule has 1 atom stereocenters. The third-order valence-electron chi connectivity index (χ3n) is 4.03. The first kappa shape index (κ1) is 14.8. The molecule has 2 rings (SSSR count). The molecule has 0 nitrogen and oxygen atoms in total. The Kier molecular flexibility index (Phi) is 5.86. The van der Waals surface area contributed by atoms with Crippen LogP contribution in [0.1, 0.15) is 61.6 Å². The van der Waals surface area contributed by atoms with Gasteiger partial charge in [-0.25, -0.2) is 0 Å². The SMILES string of the molecule is CCCCCCC(c1ccccc1)c1ccc(C)cc1. The van der Waals surface area contributed by atoms with Gasteiger partial charge >= 0.3 is 0 Å². The van der Waals surface area contributed by atoms with Crippen molar-refractivity contribution < 1.29 is 0 Å². The Labute approximate surface area is 123 Å². The second kappa shape index (κ2) is 7.89. The molecule has 0 aliphatic carbocycles. The van der Waals surface area contributed by atoms with Gasteiger partial charge in [-0.2, -0.15) is 0 Å². The predicted octanol–water partition coefficient (Wildman–Crippen LogP) is 6.10. The molecular weight excluding hydrogens is 240 g/mol. The molecule has 2 aromatic carbocycles. The van der Waals surface area contributed by atoms with Gasteiger partial charge in [0.2, 0.25) is 0 Å². The smallest absolute Gasteiger partial charge is 0.00893 e. The molecule has 20 heavy (non-hydrogen) atoms. The van der Waals surface area contributed by atoms with Crippen LogP contribution in [0.5, 0.6) is 0 Å². The minimum absolute atomic E-state index is 0.550. The van der Waals surface area contributed by atoms with Gasteiger partial charge in [0.15, 0.2) is 0 Å². The van der Waals surface area contributed by atoms with Gasteiger partial charge in [-0.1, -0.05) is 92.8 Å². The summed E-state index contributed by atoms with van der Waals surface area (Å²) in [5.74, 6) is 0.550. The van der Waals surface area contributed by atoms with E-state index in [1.807, 2.05) is 0 Å². The second-order valence-corrected chi connectivity index (χ2v) is 5.72. The van der Waals surface area contributed by atoms with Crippen molar-refractivity contribution in [2.45, 2.75) is 51.9 Å². The van der Waals surface area contributed by atoms with Crippen LogP contribution in [0.4, 0.5) is 0 Å². The van der Waals surface area contributed by atoms with Gasteiger partial charge in [0.1, 0.15) is 0 Å². The molecule has 0 fully saturated rings. The fourth-order valence-corrected chi connectivity index (χ4v) is 2.79. The van der Waals surface area contributed by atoms with E-state index in [1.54, 1.807) is 0 Å². The number of hydrogen-bond donors (Lipinski definition) is 0. The normalized spacial score (nSPS) is 12.3. The van der Waals surface area contributed by atoms with Crippen molar-refractivity contribution in [2.75, 3.05) is 0 Å². The van der Waals surface area contributed by atoms with Crippen LogP contribution in [0, 0.1) is 6.92 Å². The zero-order valence-electron chi connectivity index (χ0n) is 12.8. The molecule has 106 valence electrons. The maximum Gasteiger partial charge on any atom is 0.00893 e. The highest BCUT2D eigenvalue weighted by molar-refractivity contribution is 5.33. The van der Waals surface area contributed by atoms with Crippen molar-refractivity contribution in [1.82, 2.24) is 0 Å². The van der Waals surface area contributed by atoms with Crippen LogP contribution in [0.3, 0.4) is 0 Å². The van der Waals surface area contributed by atoms with Crippen molar-refractivity contribution in [1.29, 1.82) is 0 Å². The number of benzene rings is 2. The van der Waals surface area contributed by atoms with Crippen LogP contribution in [-0.2, 0) is 0 Å². The lowest BCUT2D eigenvalue weighted by atomic mass is 9.86. The first-order chi connectivity index (χ1) is 9.81. The maximum atomic E-state index is 2.30. The Morgan fingerprint density at radius 1 is 0.750 bits per heavy atom. The summed E-state index contributed by atoms with van der Waals surface area (Å²) in [5.41, 5.74) is 4.25. The van der Waals surface area contributed by atoms with Gasteiger partial charge in [0.25, 0.3) is 0 Å². The molecule has 0 amide bonds. The largest absolute Gasteiger partial charge is 0.0654 e. The van der Waals surface area contributed by atoms with Crippen molar-refractivity contribution in [2.24, 2.45) is 0 Å². The average molecular weight is 266 g/mol. The Balaban J connectivity index is 2.13. The van der Waals surface area contributed by atoms with Crippen LogP contribution >= 0.6 is 0 Å². The summed E-state index contributed by atoms with van der Waals surface area (Å²) >= 11 is 0. The van der Waals surface area contributed by atoms with E-state index in [2.05, 4.69) is 68.4 Å².